The van der Waals surface area contributed by atoms with Gasteiger partial charge in [-0.2, -0.15) is 4.31 Å². The van der Waals surface area contributed by atoms with Crippen molar-refractivity contribution in [1.29, 1.82) is 0 Å². The van der Waals surface area contributed by atoms with Gasteiger partial charge in [0.05, 0.1) is 20.1 Å². The van der Waals surface area contributed by atoms with Crippen LogP contribution in [0.5, 0.6) is 0 Å². The van der Waals surface area contributed by atoms with Gasteiger partial charge in [0.1, 0.15) is 6.54 Å². The number of para-hydroxylation sites is 1. The van der Waals surface area contributed by atoms with Gasteiger partial charge in [-0.3, -0.25) is 9.59 Å². The highest BCUT2D eigenvalue weighted by Gasteiger charge is 2.29. The molecule has 1 amide bonds. The van der Waals surface area contributed by atoms with Gasteiger partial charge in [-0.05, 0) is 43.9 Å². The molecular formula is C23H26N4O4S2. The first-order valence-electron chi connectivity index (χ1n) is 11.3. The third-order valence-electron chi connectivity index (χ3n) is 6.40. The van der Waals surface area contributed by atoms with Gasteiger partial charge in [0.15, 0.2) is 0 Å². The fourth-order valence-corrected chi connectivity index (χ4v) is 7.21. The van der Waals surface area contributed by atoms with Crippen LogP contribution in [0.25, 0.3) is 10.2 Å². The number of rotatable bonds is 5. The number of carbonyl (C=O) groups excluding carboxylic acids is 1. The van der Waals surface area contributed by atoms with Gasteiger partial charge < -0.3 is 9.47 Å². The van der Waals surface area contributed by atoms with Crippen molar-refractivity contribution in [2.24, 2.45) is 0 Å². The quantitative estimate of drug-likeness (QED) is 0.553. The highest BCUT2D eigenvalue weighted by Crippen LogP contribution is 2.33. The van der Waals surface area contributed by atoms with E-state index < -0.39 is 10.0 Å². The van der Waals surface area contributed by atoms with E-state index in [2.05, 4.69) is 6.07 Å². The summed E-state index contributed by atoms with van der Waals surface area (Å²) >= 11 is 1.67. The van der Waals surface area contributed by atoms with Crippen LogP contribution in [0.4, 0.5) is 0 Å². The molecule has 8 nitrogen and oxygen atoms in total. The molecule has 0 unspecified atom stereocenters. The maximum Gasteiger partial charge on any atom is 0.251 e. The lowest BCUT2D eigenvalue weighted by atomic mass is 9.98. The molecule has 5 rings (SSSR count). The van der Waals surface area contributed by atoms with E-state index in [-0.39, 0.29) is 28.8 Å². The molecule has 2 aromatic heterocycles. The summed E-state index contributed by atoms with van der Waals surface area (Å²) in [4.78, 5) is 32.1. The molecule has 0 N–H and O–H groups in total. The zero-order chi connectivity index (χ0) is 23.0. The number of amides is 1. The number of benzene rings is 1. The third kappa shape index (κ3) is 4.47. The molecular weight excluding hydrogens is 460 g/mol. The molecule has 10 heteroatoms. The first kappa shape index (κ1) is 22.2. The summed E-state index contributed by atoms with van der Waals surface area (Å²) in [6, 6.07) is 10.6. The average Bonchev–Trinajstić information content (AvgIpc) is 3.51. The predicted octanol–water partition coefficient (Wildman–Crippen LogP) is 2.65. The molecule has 0 aliphatic carbocycles. The first-order chi connectivity index (χ1) is 15.9. The molecule has 3 aromatic rings. The van der Waals surface area contributed by atoms with Crippen LogP contribution in [0.3, 0.4) is 0 Å². The number of sulfonamides is 1. The van der Waals surface area contributed by atoms with E-state index in [4.69, 9.17) is 4.98 Å². The molecule has 2 fully saturated rings. The summed E-state index contributed by atoms with van der Waals surface area (Å²) < 4.78 is 29.5. The van der Waals surface area contributed by atoms with Gasteiger partial charge in [-0.25, -0.2) is 13.4 Å². The van der Waals surface area contributed by atoms with Crippen LogP contribution in [0, 0.1) is 0 Å². The number of pyridine rings is 1. The van der Waals surface area contributed by atoms with E-state index in [0.29, 0.717) is 26.2 Å². The highest BCUT2D eigenvalue weighted by atomic mass is 32.2. The molecule has 2 saturated heterocycles. The lowest BCUT2D eigenvalue weighted by Crippen LogP contribution is -2.42. The number of piperidine rings is 1. The first-order valence-corrected chi connectivity index (χ1v) is 13.5. The molecule has 0 spiro atoms. The fraction of sp³-hybridized carbons (Fsp3) is 0.435. The lowest BCUT2D eigenvalue weighted by Gasteiger charge is -2.32. The van der Waals surface area contributed by atoms with E-state index in [1.165, 1.54) is 27.2 Å². The minimum Gasteiger partial charge on any atom is -0.340 e. The molecule has 0 saturated carbocycles. The Bertz CT molecular complexity index is 1310. The maximum absolute atomic E-state index is 13.1. The Balaban J connectivity index is 1.32. The second-order valence-corrected chi connectivity index (χ2v) is 11.6. The highest BCUT2D eigenvalue weighted by molar-refractivity contribution is 7.89. The SMILES string of the molecule is O=C(Cn1cc(S(=O)(=O)N2CCCC2)ccc1=O)N1CCC[C@@H](c2nc3ccccc3s2)C1. The number of fused-ring (bicyclic) bond motifs is 1. The Morgan fingerprint density at radius 3 is 2.64 bits per heavy atom. The summed E-state index contributed by atoms with van der Waals surface area (Å²) in [7, 11) is -3.65. The summed E-state index contributed by atoms with van der Waals surface area (Å²) in [5, 5.41) is 1.03. The van der Waals surface area contributed by atoms with Gasteiger partial charge in [-0.15, -0.1) is 11.3 Å². The van der Waals surface area contributed by atoms with Gasteiger partial charge in [0.2, 0.25) is 15.9 Å². The number of carbonyl (C=O) groups is 1. The number of hydrogen-bond acceptors (Lipinski definition) is 6. The van der Waals surface area contributed by atoms with Crippen molar-refractivity contribution in [3.8, 4) is 0 Å². The Morgan fingerprint density at radius 2 is 1.85 bits per heavy atom. The third-order valence-corrected chi connectivity index (χ3v) is 9.48. The Labute approximate surface area is 196 Å². The largest absolute Gasteiger partial charge is 0.340 e. The van der Waals surface area contributed by atoms with Crippen molar-refractivity contribution in [2.45, 2.75) is 43.0 Å². The van der Waals surface area contributed by atoms with Crippen LogP contribution >= 0.6 is 11.3 Å². The van der Waals surface area contributed by atoms with Crippen LogP contribution in [0.1, 0.15) is 36.6 Å². The smallest absolute Gasteiger partial charge is 0.251 e. The Hall–Kier alpha value is -2.56. The molecule has 174 valence electrons. The van der Waals surface area contributed by atoms with Crippen molar-refractivity contribution in [3.63, 3.8) is 0 Å². The van der Waals surface area contributed by atoms with Gasteiger partial charge in [0.25, 0.3) is 5.56 Å². The monoisotopic (exact) mass is 486 g/mol. The zero-order valence-electron chi connectivity index (χ0n) is 18.2. The minimum atomic E-state index is -3.65. The molecule has 1 aromatic carbocycles. The van der Waals surface area contributed by atoms with Gasteiger partial charge in [-0.1, -0.05) is 12.1 Å². The number of thiazole rings is 1. The molecule has 33 heavy (non-hydrogen) atoms. The van der Waals surface area contributed by atoms with Crippen molar-refractivity contribution in [2.75, 3.05) is 26.2 Å². The summed E-state index contributed by atoms with van der Waals surface area (Å²) in [6.45, 7) is 1.98. The van der Waals surface area contributed by atoms with Gasteiger partial charge in [0, 0.05) is 44.4 Å². The Kier molecular flexibility index (Phi) is 6.07. The lowest BCUT2D eigenvalue weighted by molar-refractivity contribution is -0.133. The Morgan fingerprint density at radius 1 is 1.06 bits per heavy atom. The maximum atomic E-state index is 13.1. The average molecular weight is 487 g/mol. The van der Waals surface area contributed by atoms with E-state index in [0.717, 1.165) is 40.9 Å². The molecule has 2 aliphatic rings. The number of nitrogens with zero attached hydrogens (tertiary/aromatic N) is 4. The van der Waals surface area contributed by atoms with E-state index in [1.54, 1.807) is 16.2 Å². The number of aromatic nitrogens is 2. The molecule has 0 bridgehead atoms. The van der Waals surface area contributed by atoms with Crippen LogP contribution in [-0.4, -0.2) is 59.3 Å². The molecule has 4 heterocycles. The predicted molar refractivity (Wildman–Crippen MR) is 127 cm³/mol. The summed E-state index contributed by atoms with van der Waals surface area (Å²) in [5.41, 5.74) is 0.590. The standard InChI is InChI=1S/C23H26N4O4S2/c28-21-10-9-18(33(30,31)27-12-3-4-13-27)15-26(21)16-22(29)25-11-5-6-17(14-25)23-24-19-7-1-2-8-20(19)32-23/h1-2,7-10,15,17H,3-6,11-14,16H2/t17-/m1/s1. The minimum absolute atomic E-state index is 0.0581. The number of hydrogen-bond donors (Lipinski definition) is 0. The summed E-state index contributed by atoms with van der Waals surface area (Å²) in [5.74, 6) is -0.0164. The second kappa shape index (κ2) is 9.00. The van der Waals surface area contributed by atoms with Gasteiger partial charge >= 0.3 is 0 Å². The van der Waals surface area contributed by atoms with Crippen LogP contribution < -0.4 is 5.56 Å². The summed E-state index contributed by atoms with van der Waals surface area (Å²) in [6.07, 6.45) is 4.81. The van der Waals surface area contributed by atoms with Crippen LogP contribution in [0.15, 0.2) is 52.3 Å². The van der Waals surface area contributed by atoms with E-state index >= 15 is 0 Å². The van der Waals surface area contributed by atoms with Crippen LogP contribution in [0.2, 0.25) is 0 Å². The molecule has 0 radical (unpaired) electrons. The van der Waals surface area contributed by atoms with Crippen molar-refractivity contribution in [1.82, 2.24) is 18.8 Å². The van der Waals surface area contributed by atoms with Crippen molar-refractivity contribution >= 4 is 37.5 Å². The van der Waals surface area contributed by atoms with Crippen molar-refractivity contribution < 1.29 is 13.2 Å². The fourth-order valence-electron chi connectivity index (χ4n) is 4.58. The normalized spacial score (nSPS) is 19.9. The molecule has 2 aliphatic heterocycles. The number of likely N-dealkylation sites (tertiary alicyclic amines) is 1. The second-order valence-electron chi connectivity index (χ2n) is 8.64. The topological polar surface area (TPSA) is 92.6 Å². The van der Waals surface area contributed by atoms with Crippen molar-refractivity contribution in [3.05, 3.63) is 58.0 Å². The van der Waals surface area contributed by atoms with E-state index in [9.17, 15) is 18.0 Å². The van der Waals surface area contributed by atoms with Crippen LogP contribution in [-0.2, 0) is 21.4 Å². The zero-order valence-corrected chi connectivity index (χ0v) is 19.9. The molecule has 1 atom stereocenters. The van der Waals surface area contributed by atoms with E-state index in [1.807, 2.05) is 18.2 Å².